The summed E-state index contributed by atoms with van der Waals surface area (Å²) < 4.78 is 4.95. The van der Waals surface area contributed by atoms with E-state index in [1.807, 2.05) is 0 Å². The molecular weight excluding hydrogens is 256 g/mol. The molecule has 98 valence electrons. The number of halogens is 1. The SMILES string of the molecule is COCN(C(=O)CCl)c1c(N)cccc1C(C)=O. The lowest BCUT2D eigenvalue weighted by molar-refractivity contribution is -0.117. The monoisotopic (exact) mass is 270 g/mol. The number of hydrogen-bond acceptors (Lipinski definition) is 4. The molecule has 0 heterocycles. The molecule has 0 fully saturated rings. The first kappa shape index (κ1) is 14.5. The van der Waals surface area contributed by atoms with Crippen molar-refractivity contribution in [1.29, 1.82) is 0 Å². The number of methoxy groups -OCH3 is 1. The highest BCUT2D eigenvalue weighted by Gasteiger charge is 2.21. The van der Waals surface area contributed by atoms with Gasteiger partial charge in [0.1, 0.15) is 12.6 Å². The van der Waals surface area contributed by atoms with Crippen molar-refractivity contribution in [1.82, 2.24) is 0 Å². The van der Waals surface area contributed by atoms with Crippen molar-refractivity contribution in [2.45, 2.75) is 6.92 Å². The van der Waals surface area contributed by atoms with Crippen LogP contribution in [-0.4, -0.2) is 31.4 Å². The second-order valence-electron chi connectivity index (χ2n) is 3.67. The number of carbonyl (C=O) groups is 2. The van der Waals surface area contributed by atoms with Gasteiger partial charge in [0, 0.05) is 12.7 Å². The molecule has 6 heteroatoms. The fourth-order valence-electron chi connectivity index (χ4n) is 1.61. The largest absolute Gasteiger partial charge is 0.397 e. The Morgan fingerprint density at radius 3 is 2.61 bits per heavy atom. The average Bonchev–Trinajstić information content (AvgIpc) is 2.35. The second kappa shape index (κ2) is 6.37. The van der Waals surface area contributed by atoms with Gasteiger partial charge in [0.05, 0.1) is 11.4 Å². The number of amides is 1. The summed E-state index contributed by atoms with van der Waals surface area (Å²) in [6.07, 6.45) is 0. The first-order chi connectivity index (χ1) is 8.52. The summed E-state index contributed by atoms with van der Waals surface area (Å²) in [5.74, 6) is -0.769. The van der Waals surface area contributed by atoms with Gasteiger partial charge in [-0.1, -0.05) is 6.07 Å². The van der Waals surface area contributed by atoms with Crippen LogP contribution in [0.3, 0.4) is 0 Å². The lowest BCUT2D eigenvalue weighted by Crippen LogP contribution is -2.35. The number of rotatable bonds is 5. The maximum atomic E-state index is 11.8. The van der Waals surface area contributed by atoms with Gasteiger partial charge in [-0.3, -0.25) is 14.5 Å². The number of para-hydroxylation sites is 1. The lowest BCUT2D eigenvalue weighted by atomic mass is 10.1. The van der Waals surface area contributed by atoms with Gasteiger partial charge in [-0.25, -0.2) is 0 Å². The molecule has 0 aromatic heterocycles. The third-order valence-corrected chi connectivity index (χ3v) is 2.62. The van der Waals surface area contributed by atoms with Crippen molar-refractivity contribution >= 4 is 34.7 Å². The van der Waals surface area contributed by atoms with Gasteiger partial charge in [-0.05, 0) is 19.1 Å². The number of carbonyl (C=O) groups excluding carboxylic acids is 2. The molecule has 0 aliphatic carbocycles. The number of Topliss-reactive ketones (excluding diaryl/α,β-unsaturated/α-hetero) is 1. The summed E-state index contributed by atoms with van der Waals surface area (Å²) in [5.41, 5.74) is 6.88. The van der Waals surface area contributed by atoms with Crippen LogP contribution >= 0.6 is 11.6 Å². The molecule has 0 bridgehead atoms. The van der Waals surface area contributed by atoms with E-state index in [2.05, 4.69) is 0 Å². The molecule has 0 unspecified atom stereocenters. The van der Waals surface area contributed by atoms with E-state index in [0.29, 0.717) is 16.9 Å². The molecule has 1 aromatic carbocycles. The molecule has 0 atom stereocenters. The number of benzene rings is 1. The van der Waals surface area contributed by atoms with Crippen LogP contribution in [0.5, 0.6) is 0 Å². The number of nitrogens with two attached hydrogens (primary N) is 1. The second-order valence-corrected chi connectivity index (χ2v) is 3.94. The molecule has 5 nitrogen and oxygen atoms in total. The highest BCUT2D eigenvalue weighted by molar-refractivity contribution is 6.29. The van der Waals surface area contributed by atoms with Crippen LogP contribution in [0.25, 0.3) is 0 Å². The summed E-state index contributed by atoms with van der Waals surface area (Å²) in [6, 6.07) is 4.88. The fraction of sp³-hybridized carbons (Fsp3) is 0.333. The average molecular weight is 271 g/mol. The van der Waals surface area contributed by atoms with E-state index in [4.69, 9.17) is 22.1 Å². The Kier molecular flexibility index (Phi) is 5.12. The van der Waals surface area contributed by atoms with Crippen molar-refractivity contribution in [3.8, 4) is 0 Å². The van der Waals surface area contributed by atoms with Gasteiger partial charge in [-0.15, -0.1) is 11.6 Å². The molecule has 2 N–H and O–H groups in total. The Morgan fingerprint density at radius 2 is 2.11 bits per heavy atom. The van der Waals surface area contributed by atoms with E-state index in [1.54, 1.807) is 18.2 Å². The van der Waals surface area contributed by atoms with E-state index in [0.717, 1.165) is 0 Å². The standard InChI is InChI=1S/C12H15ClN2O3/c1-8(16)9-4-3-5-10(14)12(9)15(7-18-2)11(17)6-13/h3-5H,6-7,14H2,1-2H3. The van der Waals surface area contributed by atoms with Gasteiger partial charge in [-0.2, -0.15) is 0 Å². The Bertz CT molecular complexity index is 463. The van der Waals surface area contributed by atoms with E-state index < -0.39 is 0 Å². The van der Waals surface area contributed by atoms with Crippen molar-refractivity contribution < 1.29 is 14.3 Å². The van der Waals surface area contributed by atoms with Crippen LogP contribution in [0.1, 0.15) is 17.3 Å². The van der Waals surface area contributed by atoms with Gasteiger partial charge in [0.25, 0.3) is 0 Å². The molecule has 0 saturated heterocycles. The molecule has 0 radical (unpaired) electrons. The first-order valence-corrected chi connectivity index (χ1v) is 5.81. The number of anilines is 2. The molecule has 0 saturated carbocycles. The van der Waals surface area contributed by atoms with Crippen molar-refractivity contribution in [2.24, 2.45) is 0 Å². The molecule has 0 aliphatic heterocycles. The molecule has 1 aromatic rings. The minimum atomic E-state index is -0.376. The third-order valence-electron chi connectivity index (χ3n) is 2.39. The predicted octanol–water partition coefficient (Wildman–Crippen LogP) is 1.65. The minimum Gasteiger partial charge on any atom is -0.397 e. The van der Waals surface area contributed by atoms with Crippen LogP contribution in [0.2, 0.25) is 0 Å². The van der Waals surface area contributed by atoms with Crippen molar-refractivity contribution in [3.05, 3.63) is 23.8 Å². The van der Waals surface area contributed by atoms with Crippen LogP contribution < -0.4 is 10.6 Å². The summed E-state index contributed by atoms with van der Waals surface area (Å²) in [6.45, 7) is 1.40. The van der Waals surface area contributed by atoms with Crippen LogP contribution in [0.4, 0.5) is 11.4 Å². The van der Waals surface area contributed by atoms with E-state index in [1.165, 1.54) is 18.9 Å². The molecule has 1 rings (SSSR count). The van der Waals surface area contributed by atoms with E-state index in [9.17, 15) is 9.59 Å². The normalized spacial score (nSPS) is 10.2. The Balaban J connectivity index is 3.34. The Hall–Kier alpha value is -1.59. The summed E-state index contributed by atoms with van der Waals surface area (Å²) >= 11 is 5.54. The van der Waals surface area contributed by atoms with E-state index in [-0.39, 0.29) is 24.3 Å². The number of hydrogen-bond donors (Lipinski definition) is 1. The number of nitrogen functional groups attached to an aromatic ring is 1. The predicted molar refractivity (Wildman–Crippen MR) is 70.9 cm³/mol. The number of alkyl halides is 1. The highest BCUT2D eigenvalue weighted by atomic mass is 35.5. The van der Waals surface area contributed by atoms with Crippen molar-refractivity contribution in [2.75, 3.05) is 30.4 Å². The summed E-state index contributed by atoms with van der Waals surface area (Å²) in [4.78, 5) is 24.6. The number of nitrogens with zero attached hydrogens (tertiary/aromatic N) is 1. The number of ether oxygens (including phenoxy) is 1. The van der Waals surface area contributed by atoms with Gasteiger partial charge < -0.3 is 10.5 Å². The Morgan fingerprint density at radius 1 is 1.44 bits per heavy atom. The maximum Gasteiger partial charge on any atom is 0.243 e. The third kappa shape index (κ3) is 3.00. The molecule has 0 spiro atoms. The quantitative estimate of drug-likeness (QED) is 0.382. The lowest BCUT2D eigenvalue weighted by Gasteiger charge is -2.24. The zero-order valence-electron chi connectivity index (χ0n) is 10.3. The minimum absolute atomic E-state index is 0.0138. The Labute approximate surface area is 110 Å². The molecular formula is C12H15ClN2O3. The molecule has 1 amide bonds. The van der Waals surface area contributed by atoms with Crippen molar-refractivity contribution in [3.63, 3.8) is 0 Å². The van der Waals surface area contributed by atoms with Gasteiger partial charge in [0.15, 0.2) is 5.78 Å². The van der Waals surface area contributed by atoms with Gasteiger partial charge in [0.2, 0.25) is 5.91 Å². The molecule has 0 aliphatic rings. The highest BCUT2D eigenvalue weighted by Crippen LogP contribution is 2.28. The fourth-order valence-corrected chi connectivity index (χ4v) is 1.75. The zero-order chi connectivity index (χ0) is 13.7. The maximum absolute atomic E-state index is 11.8. The molecule has 18 heavy (non-hydrogen) atoms. The summed E-state index contributed by atoms with van der Waals surface area (Å²) in [7, 11) is 1.45. The number of ketones is 1. The summed E-state index contributed by atoms with van der Waals surface area (Å²) in [5, 5.41) is 0. The van der Waals surface area contributed by atoms with Gasteiger partial charge >= 0.3 is 0 Å². The zero-order valence-corrected chi connectivity index (χ0v) is 11.0. The smallest absolute Gasteiger partial charge is 0.243 e. The topological polar surface area (TPSA) is 72.6 Å². The van der Waals surface area contributed by atoms with Crippen LogP contribution in [0.15, 0.2) is 18.2 Å². The first-order valence-electron chi connectivity index (χ1n) is 5.27. The van der Waals surface area contributed by atoms with Crippen LogP contribution in [-0.2, 0) is 9.53 Å². The van der Waals surface area contributed by atoms with Crippen LogP contribution in [0, 0.1) is 0 Å². The van der Waals surface area contributed by atoms with E-state index >= 15 is 0 Å².